The molecule has 0 radical (unpaired) electrons. The van der Waals surface area contributed by atoms with Crippen molar-refractivity contribution >= 4 is 15.9 Å². The maximum atomic E-state index is 13.2. The van der Waals surface area contributed by atoms with E-state index in [0.717, 1.165) is 25.2 Å². The summed E-state index contributed by atoms with van der Waals surface area (Å²) in [7, 11) is -0.433. The number of nitrogens with one attached hydrogen (secondary N) is 1. The Balaban J connectivity index is 1.83. The minimum absolute atomic E-state index is 0.0386. The van der Waals surface area contributed by atoms with Crippen molar-refractivity contribution in [2.24, 2.45) is 0 Å². The van der Waals surface area contributed by atoms with Crippen LogP contribution in [0.4, 0.5) is 0 Å². The molecule has 1 saturated heterocycles. The van der Waals surface area contributed by atoms with Crippen molar-refractivity contribution < 1.29 is 13.2 Å². The molecule has 2 aromatic rings. The van der Waals surface area contributed by atoms with E-state index >= 15 is 0 Å². The van der Waals surface area contributed by atoms with Gasteiger partial charge in [0, 0.05) is 13.6 Å². The summed E-state index contributed by atoms with van der Waals surface area (Å²) in [6.07, 6.45) is 2.42. The van der Waals surface area contributed by atoms with Gasteiger partial charge in [0.25, 0.3) is 0 Å². The van der Waals surface area contributed by atoms with E-state index in [2.05, 4.69) is 9.62 Å². The summed E-state index contributed by atoms with van der Waals surface area (Å²) in [4.78, 5) is 17.5. The minimum atomic E-state index is -3.62. The van der Waals surface area contributed by atoms with E-state index in [1.165, 1.54) is 26.0 Å². The number of rotatable bonds is 8. The Kier molecular flexibility index (Phi) is 7.05. The predicted molar refractivity (Wildman–Crippen MR) is 114 cm³/mol. The number of carbonyl (C=O) groups is 1. The molecule has 29 heavy (non-hydrogen) atoms. The fourth-order valence-corrected chi connectivity index (χ4v) is 4.78. The molecular formula is C22H29N3O3S. The topological polar surface area (TPSA) is 69.7 Å². The van der Waals surface area contributed by atoms with Crippen molar-refractivity contribution in [2.45, 2.75) is 30.2 Å². The van der Waals surface area contributed by atoms with Gasteiger partial charge in [0.2, 0.25) is 15.9 Å². The van der Waals surface area contributed by atoms with Gasteiger partial charge in [-0.15, -0.1) is 0 Å². The van der Waals surface area contributed by atoms with Gasteiger partial charge >= 0.3 is 0 Å². The minimum Gasteiger partial charge on any atom is -0.337 e. The lowest BCUT2D eigenvalue weighted by molar-refractivity contribution is -0.131. The van der Waals surface area contributed by atoms with Crippen LogP contribution in [0.2, 0.25) is 0 Å². The molecule has 0 aliphatic carbocycles. The third-order valence-electron chi connectivity index (χ3n) is 5.55. The van der Waals surface area contributed by atoms with E-state index in [-0.39, 0.29) is 23.3 Å². The van der Waals surface area contributed by atoms with Crippen LogP contribution < -0.4 is 4.72 Å². The number of hydrogen-bond acceptors (Lipinski definition) is 4. The molecule has 1 amide bonds. The highest BCUT2D eigenvalue weighted by Gasteiger charge is 2.27. The van der Waals surface area contributed by atoms with E-state index in [1.54, 1.807) is 23.1 Å². The highest BCUT2D eigenvalue weighted by molar-refractivity contribution is 7.89. The number of hydrogen-bond donors (Lipinski definition) is 1. The maximum absolute atomic E-state index is 13.2. The number of likely N-dealkylation sites (tertiary alicyclic amines) is 1. The van der Waals surface area contributed by atoms with Crippen LogP contribution in [0.15, 0.2) is 59.5 Å². The lowest BCUT2D eigenvalue weighted by Gasteiger charge is -2.32. The zero-order valence-electron chi connectivity index (χ0n) is 17.0. The molecule has 0 unspecified atom stereocenters. The molecule has 0 bridgehead atoms. The van der Waals surface area contributed by atoms with E-state index in [0.29, 0.717) is 5.56 Å². The molecule has 1 heterocycles. The Hall–Kier alpha value is -2.22. The van der Waals surface area contributed by atoms with Crippen LogP contribution in [0.25, 0.3) is 0 Å². The second kappa shape index (κ2) is 9.52. The normalized spacial score (nSPS) is 15.9. The number of amides is 1. The van der Waals surface area contributed by atoms with Gasteiger partial charge in [-0.2, -0.15) is 0 Å². The van der Waals surface area contributed by atoms with Crippen LogP contribution >= 0.6 is 0 Å². The summed E-state index contributed by atoms with van der Waals surface area (Å²) in [6, 6.07) is 16.6. The maximum Gasteiger partial charge on any atom is 0.240 e. The number of carbonyl (C=O) groups excluding carboxylic acids is 1. The van der Waals surface area contributed by atoms with Crippen LogP contribution in [0.3, 0.4) is 0 Å². The van der Waals surface area contributed by atoms with E-state index in [9.17, 15) is 13.2 Å². The summed E-state index contributed by atoms with van der Waals surface area (Å²) in [5.41, 5.74) is 1.60. The number of nitrogens with zero attached hydrogens (tertiary/aromatic N) is 2. The highest BCUT2D eigenvalue weighted by atomic mass is 32.2. The summed E-state index contributed by atoms with van der Waals surface area (Å²) < 4.78 is 27.0. The molecule has 1 aliphatic rings. The number of likely N-dealkylation sites (N-methyl/N-ethyl adjacent to an activating group) is 1. The molecule has 0 aromatic heterocycles. The van der Waals surface area contributed by atoms with Crippen molar-refractivity contribution in [3.8, 4) is 0 Å². The van der Waals surface area contributed by atoms with Crippen molar-refractivity contribution in [1.82, 2.24) is 14.5 Å². The smallest absolute Gasteiger partial charge is 0.240 e. The zero-order chi connectivity index (χ0) is 20.9. The number of benzene rings is 2. The zero-order valence-corrected chi connectivity index (χ0v) is 17.9. The lowest BCUT2D eigenvalue weighted by Crippen LogP contribution is -2.39. The second-order valence-electron chi connectivity index (χ2n) is 7.43. The fraction of sp³-hybridized carbons (Fsp3) is 0.409. The first kappa shape index (κ1) is 21.5. The first-order valence-corrected chi connectivity index (χ1v) is 11.4. The molecule has 7 heteroatoms. The van der Waals surface area contributed by atoms with E-state index < -0.39 is 10.0 Å². The van der Waals surface area contributed by atoms with Gasteiger partial charge in [0.15, 0.2) is 0 Å². The lowest BCUT2D eigenvalue weighted by atomic mass is 10.0. The molecular weight excluding hydrogens is 386 g/mol. The van der Waals surface area contributed by atoms with Crippen LogP contribution in [0.1, 0.15) is 30.0 Å². The van der Waals surface area contributed by atoms with Crippen LogP contribution in [0.5, 0.6) is 0 Å². The van der Waals surface area contributed by atoms with Gasteiger partial charge in [-0.25, -0.2) is 13.1 Å². The van der Waals surface area contributed by atoms with E-state index in [4.69, 9.17) is 0 Å². The Morgan fingerprint density at radius 3 is 2.34 bits per heavy atom. The summed E-state index contributed by atoms with van der Waals surface area (Å²) >= 11 is 0. The predicted octanol–water partition coefficient (Wildman–Crippen LogP) is 2.43. The molecule has 0 saturated carbocycles. The molecule has 156 valence electrons. The molecule has 1 atom stereocenters. The summed E-state index contributed by atoms with van der Waals surface area (Å²) in [5, 5.41) is 0. The average molecular weight is 416 g/mol. The van der Waals surface area contributed by atoms with Crippen molar-refractivity contribution in [3.05, 3.63) is 65.7 Å². The van der Waals surface area contributed by atoms with Gasteiger partial charge in [-0.3, -0.25) is 4.79 Å². The molecule has 6 nitrogen and oxygen atoms in total. The SMILES string of the molecule is CNS(=O)(=O)c1ccccc1CC(=O)N(C)[C@H](CN1CCCC1)c1ccccc1. The van der Waals surface area contributed by atoms with Gasteiger partial charge in [0.1, 0.15) is 0 Å². The molecule has 3 rings (SSSR count). The first-order valence-electron chi connectivity index (χ1n) is 9.97. The van der Waals surface area contributed by atoms with Crippen LogP contribution in [-0.4, -0.2) is 57.9 Å². The second-order valence-corrected chi connectivity index (χ2v) is 9.29. The van der Waals surface area contributed by atoms with Crippen molar-refractivity contribution in [1.29, 1.82) is 0 Å². The van der Waals surface area contributed by atoms with Crippen molar-refractivity contribution in [3.63, 3.8) is 0 Å². The van der Waals surface area contributed by atoms with Gasteiger partial charge in [-0.1, -0.05) is 48.5 Å². The monoisotopic (exact) mass is 415 g/mol. The first-order chi connectivity index (χ1) is 13.9. The van der Waals surface area contributed by atoms with Crippen molar-refractivity contribution in [2.75, 3.05) is 33.7 Å². The molecule has 1 aliphatic heterocycles. The largest absolute Gasteiger partial charge is 0.337 e. The van der Waals surface area contributed by atoms with Gasteiger partial charge < -0.3 is 9.80 Å². The van der Waals surface area contributed by atoms with Gasteiger partial charge in [0.05, 0.1) is 17.4 Å². The Morgan fingerprint density at radius 2 is 1.69 bits per heavy atom. The Morgan fingerprint density at radius 1 is 1.07 bits per heavy atom. The van der Waals surface area contributed by atoms with E-state index in [1.807, 2.05) is 37.4 Å². The number of sulfonamides is 1. The van der Waals surface area contributed by atoms with Crippen LogP contribution in [-0.2, 0) is 21.2 Å². The third kappa shape index (κ3) is 5.23. The Labute approximate surface area is 173 Å². The Bertz CT molecular complexity index is 925. The average Bonchev–Trinajstić information content (AvgIpc) is 3.25. The van der Waals surface area contributed by atoms with Crippen LogP contribution in [0, 0.1) is 0 Å². The molecule has 1 N–H and O–H groups in total. The third-order valence-corrected chi connectivity index (χ3v) is 7.06. The standard InChI is InChI=1S/C22H29N3O3S/c1-23-29(27,28)21-13-7-6-12-19(21)16-22(26)24(2)20(17-25-14-8-9-15-25)18-10-4-3-5-11-18/h3-7,10-13,20,23H,8-9,14-17H2,1-2H3/t20-/m1/s1. The highest BCUT2D eigenvalue weighted by Crippen LogP contribution is 2.24. The molecule has 2 aromatic carbocycles. The van der Waals surface area contributed by atoms with Gasteiger partial charge in [-0.05, 0) is 50.2 Å². The summed E-state index contributed by atoms with van der Waals surface area (Å²) in [5.74, 6) is -0.100. The molecule has 0 spiro atoms. The molecule has 1 fully saturated rings. The fourth-order valence-electron chi connectivity index (χ4n) is 3.82. The quantitative estimate of drug-likeness (QED) is 0.719. The summed E-state index contributed by atoms with van der Waals surface area (Å²) in [6.45, 7) is 2.88.